The summed E-state index contributed by atoms with van der Waals surface area (Å²) in [7, 11) is 0. The second kappa shape index (κ2) is 5.15. The lowest BCUT2D eigenvalue weighted by Crippen LogP contribution is -2.62. The Balaban J connectivity index is 2.82. The summed E-state index contributed by atoms with van der Waals surface area (Å²) in [6.07, 6.45) is 5.06. The molecule has 3 N–H and O–H groups in total. The highest BCUT2D eigenvalue weighted by Gasteiger charge is 2.43. The van der Waals surface area contributed by atoms with Crippen LogP contribution in [0.4, 0.5) is 0 Å². The largest absolute Gasteiger partial charge is 0.480 e. The first kappa shape index (κ1) is 13.5. The van der Waals surface area contributed by atoms with Crippen molar-refractivity contribution < 1.29 is 15.0 Å². The highest BCUT2D eigenvalue weighted by molar-refractivity contribution is 5.79. The average Bonchev–Trinajstić information content (AvgIpc) is 2.30. The summed E-state index contributed by atoms with van der Waals surface area (Å²) in [5.41, 5.74) is -1.32. The minimum Gasteiger partial charge on any atom is -0.480 e. The number of carboxylic acids is 1. The number of rotatable bonds is 5. The van der Waals surface area contributed by atoms with Gasteiger partial charge in [0, 0.05) is 5.54 Å². The standard InChI is InChI=1S/C12H23NO3/c1-3-11(2,9-14)13-12(10(15)16)7-5-4-6-8-12/h13-14H,3-9H2,1-2H3,(H,15,16). The lowest BCUT2D eigenvalue weighted by molar-refractivity contribution is -0.148. The van der Waals surface area contributed by atoms with E-state index in [1.807, 2.05) is 13.8 Å². The minimum absolute atomic E-state index is 0.0292. The van der Waals surface area contributed by atoms with Gasteiger partial charge in [-0.3, -0.25) is 10.1 Å². The van der Waals surface area contributed by atoms with E-state index in [0.29, 0.717) is 12.8 Å². The molecule has 0 heterocycles. The molecule has 0 amide bonds. The van der Waals surface area contributed by atoms with Crippen LogP contribution in [0, 0.1) is 0 Å². The average molecular weight is 229 g/mol. The summed E-state index contributed by atoms with van der Waals surface area (Å²) in [6, 6.07) is 0. The van der Waals surface area contributed by atoms with Crippen LogP contribution >= 0.6 is 0 Å². The Labute approximate surface area is 97.0 Å². The van der Waals surface area contributed by atoms with Crippen molar-refractivity contribution in [3.05, 3.63) is 0 Å². The van der Waals surface area contributed by atoms with Gasteiger partial charge < -0.3 is 10.2 Å². The summed E-state index contributed by atoms with van der Waals surface area (Å²) in [5.74, 6) is -0.777. The molecular weight excluding hydrogens is 206 g/mol. The van der Waals surface area contributed by atoms with Crippen LogP contribution in [0.5, 0.6) is 0 Å². The van der Waals surface area contributed by atoms with Gasteiger partial charge >= 0.3 is 5.97 Å². The fourth-order valence-corrected chi connectivity index (χ4v) is 2.37. The van der Waals surface area contributed by atoms with Crippen molar-refractivity contribution in [2.75, 3.05) is 6.61 Å². The molecule has 4 nitrogen and oxygen atoms in total. The molecule has 1 fully saturated rings. The van der Waals surface area contributed by atoms with E-state index >= 15 is 0 Å². The lowest BCUT2D eigenvalue weighted by Gasteiger charge is -2.41. The third kappa shape index (κ3) is 2.74. The summed E-state index contributed by atoms with van der Waals surface area (Å²) in [6.45, 7) is 3.81. The number of aliphatic hydroxyl groups is 1. The van der Waals surface area contributed by atoms with E-state index in [1.54, 1.807) is 0 Å². The third-order valence-electron chi connectivity index (χ3n) is 3.79. The molecule has 94 valence electrons. The van der Waals surface area contributed by atoms with E-state index in [1.165, 1.54) is 0 Å². The summed E-state index contributed by atoms with van der Waals surface area (Å²) >= 11 is 0. The van der Waals surface area contributed by atoms with Gasteiger partial charge in [0.2, 0.25) is 0 Å². The van der Waals surface area contributed by atoms with Crippen molar-refractivity contribution in [2.24, 2.45) is 0 Å². The number of hydrogen-bond donors (Lipinski definition) is 3. The first-order valence-electron chi connectivity index (χ1n) is 6.12. The normalized spacial score (nSPS) is 23.7. The molecule has 0 aliphatic heterocycles. The molecule has 1 atom stereocenters. The van der Waals surface area contributed by atoms with Crippen molar-refractivity contribution in [3.8, 4) is 0 Å². The molecule has 0 saturated heterocycles. The maximum atomic E-state index is 11.4. The van der Waals surface area contributed by atoms with E-state index < -0.39 is 17.0 Å². The number of carboxylic acid groups (broad SMARTS) is 1. The molecule has 1 unspecified atom stereocenters. The van der Waals surface area contributed by atoms with E-state index in [0.717, 1.165) is 25.7 Å². The van der Waals surface area contributed by atoms with Gasteiger partial charge in [0.05, 0.1) is 6.61 Å². The molecule has 1 aliphatic carbocycles. The van der Waals surface area contributed by atoms with Crippen LogP contribution in [-0.2, 0) is 4.79 Å². The number of aliphatic carboxylic acids is 1. The van der Waals surface area contributed by atoms with E-state index in [9.17, 15) is 15.0 Å². The summed E-state index contributed by atoms with van der Waals surface area (Å²) in [4.78, 5) is 11.4. The Morgan fingerprint density at radius 2 is 1.94 bits per heavy atom. The zero-order valence-electron chi connectivity index (χ0n) is 10.3. The van der Waals surface area contributed by atoms with Gasteiger partial charge in [0.1, 0.15) is 5.54 Å². The molecule has 0 spiro atoms. The first-order chi connectivity index (χ1) is 7.48. The van der Waals surface area contributed by atoms with Crippen LogP contribution in [0.25, 0.3) is 0 Å². The van der Waals surface area contributed by atoms with Crippen LogP contribution < -0.4 is 5.32 Å². The highest BCUT2D eigenvalue weighted by Crippen LogP contribution is 2.31. The molecule has 0 aromatic heterocycles. The molecular formula is C12H23NO3. The lowest BCUT2D eigenvalue weighted by atomic mass is 9.79. The van der Waals surface area contributed by atoms with Crippen molar-refractivity contribution in [3.63, 3.8) is 0 Å². The smallest absolute Gasteiger partial charge is 0.323 e. The number of nitrogens with one attached hydrogen (secondary N) is 1. The molecule has 0 aromatic carbocycles. The number of hydrogen-bond acceptors (Lipinski definition) is 3. The van der Waals surface area contributed by atoms with Crippen LogP contribution in [0.3, 0.4) is 0 Å². The molecule has 4 heteroatoms. The predicted molar refractivity (Wildman–Crippen MR) is 62.4 cm³/mol. The van der Waals surface area contributed by atoms with Crippen molar-refractivity contribution in [1.82, 2.24) is 5.32 Å². The van der Waals surface area contributed by atoms with Gasteiger partial charge in [0.15, 0.2) is 0 Å². The Hall–Kier alpha value is -0.610. The van der Waals surface area contributed by atoms with E-state index in [2.05, 4.69) is 5.32 Å². The topological polar surface area (TPSA) is 69.6 Å². The van der Waals surface area contributed by atoms with E-state index in [4.69, 9.17) is 0 Å². The van der Waals surface area contributed by atoms with Gasteiger partial charge in [-0.15, -0.1) is 0 Å². The monoisotopic (exact) mass is 229 g/mol. The van der Waals surface area contributed by atoms with Gasteiger partial charge in [0.25, 0.3) is 0 Å². The Bertz CT molecular complexity index is 243. The maximum Gasteiger partial charge on any atom is 0.323 e. The zero-order chi connectivity index (χ0) is 12.2. The molecule has 0 bridgehead atoms. The summed E-state index contributed by atoms with van der Waals surface area (Å²) < 4.78 is 0. The third-order valence-corrected chi connectivity index (χ3v) is 3.79. The molecule has 0 radical (unpaired) electrons. The molecule has 1 aliphatic rings. The van der Waals surface area contributed by atoms with Gasteiger partial charge in [-0.2, -0.15) is 0 Å². The second-order valence-corrected chi connectivity index (χ2v) is 5.15. The Kier molecular flexibility index (Phi) is 4.33. The first-order valence-corrected chi connectivity index (χ1v) is 6.12. The fraction of sp³-hybridized carbons (Fsp3) is 0.917. The fourth-order valence-electron chi connectivity index (χ4n) is 2.37. The van der Waals surface area contributed by atoms with Crippen LogP contribution in [0.1, 0.15) is 52.4 Å². The predicted octanol–water partition coefficient (Wildman–Crippen LogP) is 1.52. The number of carbonyl (C=O) groups is 1. The van der Waals surface area contributed by atoms with Crippen LogP contribution in [0.15, 0.2) is 0 Å². The Morgan fingerprint density at radius 1 is 1.38 bits per heavy atom. The molecule has 0 aromatic rings. The van der Waals surface area contributed by atoms with Gasteiger partial charge in [-0.1, -0.05) is 26.2 Å². The second-order valence-electron chi connectivity index (χ2n) is 5.15. The van der Waals surface area contributed by atoms with Crippen molar-refractivity contribution in [2.45, 2.75) is 63.5 Å². The van der Waals surface area contributed by atoms with Crippen molar-refractivity contribution in [1.29, 1.82) is 0 Å². The zero-order valence-corrected chi connectivity index (χ0v) is 10.3. The number of aliphatic hydroxyl groups excluding tert-OH is 1. The van der Waals surface area contributed by atoms with Gasteiger partial charge in [-0.25, -0.2) is 0 Å². The van der Waals surface area contributed by atoms with Crippen LogP contribution in [-0.4, -0.2) is 33.9 Å². The van der Waals surface area contributed by atoms with Crippen molar-refractivity contribution >= 4 is 5.97 Å². The van der Waals surface area contributed by atoms with Crippen LogP contribution in [0.2, 0.25) is 0 Å². The summed E-state index contributed by atoms with van der Waals surface area (Å²) in [5, 5.41) is 22.0. The molecule has 1 saturated carbocycles. The molecule has 1 rings (SSSR count). The van der Waals surface area contributed by atoms with Gasteiger partial charge in [-0.05, 0) is 26.2 Å². The highest BCUT2D eigenvalue weighted by atomic mass is 16.4. The SMILES string of the molecule is CCC(C)(CO)NC1(C(=O)O)CCCCC1. The Morgan fingerprint density at radius 3 is 2.31 bits per heavy atom. The van der Waals surface area contributed by atoms with E-state index in [-0.39, 0.29) is 6.61 Å². The quantitative estimate of drug-likeness (QED) is 0.668. The minimum atomic E-state index is -0.828. The molecule has 16 heavy (non-hydrogen) atoms. The maximum absolute atomic E-state index is 11.4.